The van der Waals surface area contributed by atoms with E-state index in [1.807, 2.05) is 19.1 Å². The summed E-state index contributed by atoms with van der Waals surface area (Å²) in [5.74, 6) is 0. The van der Waals surface area contributed by atoms with E-state index in [1.54, 1.807) is 19.2 Å². The Bertz CT molecular complexity index is 474. The number of para-hydroxylation sites is 2. The molecule has 5 nitrogen and oxygen atoms in total. The lowest BCUT2D eigenvalue weighted by molar-refractivity contribution is 0.191. The topological polar surface area (TPSA) is 67.4 Å². The molecule has 18 heavy (non-hydrogen) atoms. The van der Waals surface area contributed by atoms with Gasteiger partial charge in [0.15, 0.2) is 0 Å². The van der Waals surface area contributed by atoms with Crippen LogP contribution in [-0.2, 0) is 14.8 Å². The van der Waals surface area contributed by atoms with Crippen LogP contribution in [0, 0.1) is 0 Å². The van der Waals surface area contributed by atoms with Gasteiger partial charge in [-0.3, -0.25) is 4.72 Å². The van der Waals surface area contributed by atoms with E-state index in [0.717, 1.165) is 18.4 Å². The Morgan fingerprint density at radius 2 is 1.89 bits per heavy atom. The molecule has 0 amide bonds. The molecule has 1 unspecified atom stereocenters. The number of hydrogen-bond donors (Lipinski definition) is 2. The molecule has 0 radical (unpaired) electrons. The molecule has 0 heterocycles. The van der Waals surface area contributed by atoms with Crippen molar-refractivity contribution < 1.29 is 13.2 Å². The maximum atomic E-state index is 11.3. The number of anilines is 2. The maximum absolute atomic E-state index is 11.3. The van der Waals surface area contributed by atoms with Crippen LogP contribution in [0.5, 0.6) is 0 Å². The standard InChI is InChI=1S/C12H20N2O3S/c1-10(8-9-17-2)13-11-6-4-5-7-12(11)14-18(3,15)16/h4-7,10,13-14H,8-9H2,1-3H3. The van der Waals surface area contributed by atoms with Gasteiger partial charge in [-0.1, -0.05) is 12.1 Å². The van der Waals surface area contributed by atoms with Crippen LogP contribution in [-0.4, -0.2) is 34.4 Å². The molecular formula is C12H20N2O3S. The lowest BCUT2D eigenvalue weighted by Crippen LogP contribution is -2.19. The van der Waals surface area contributed by atoms with Crippen LogP contribution < -0.4 is 10.0 Å². The van der Waals surface area contributed by atoms with Gasteiger partial charge in [0.1, 0.15) is 0 Å². The molecule has 0 bridgehead atoms. The Morgan fingerprint density at radius 3 is 2.44 bits per heavy atom. The quantitative estimate of drug-likeness (QED) is 0.795. The Hall–Kier alpha value is -1.27. The van der Waals surface area contributed by atoms with E-state index >= 15 is 0 Å². The van der Waals surface area contributed by atoms with Crippen LogP contribution in [0.3, 0.4) is 0 Å². The summed E-state index contributed by atoms with van der Waals surface area (Å²) >= 11 is 0. The van der Waals surface area contributed by atoms with E-state index in [9.17, 15) is 8.42 Å². The minimum absolute atomic E-state index is 0.201. The fourth-order valence-electron chi connectivity index (χ4n) is 1.53. The molecule has 0 aliphatic heterocycles. The Labute approximate surface area is 109 Å². The molecule has 1 rings (SSSR count). The van der Waals surface area contributed by atoms with Gasteiger partial charge in [0, 0.05) is 19.8 Å². The molecule has 0 saturated carbocycles. The zero-order chi connectivity index (χ0) is 13.6. The zero-order valence-corrected chi connectivity index (χ0v) is 11.8. The van der Waals surface area contributed by atoms with Crippen LogP contribution in [0.2, 0.25) is 0 Å². The molecule has 6 heteroatoms. The highest BCUT2D eigenvalue weighted by atomic mass is 32.2. The van der Waals surface area contributed by atoms with E-state index in [-0.39, 0.29) is 6.04 Å². The van der Waals surface area contributed by atoms with Gasteiger partial charge in [0.05, 0.1) is 17.6 Å². The normalized spacial score (nSPS) is 13.1. The first-order valence-corrected chi connectivity index (χ1v) is 7.64. The van der Waals surface area contributed by atoms with Crippen LogP contribution in [0.15, 0.2) is 24.3 Å². The van der Waals surface area contributed by atoms with Crippen molar-refractivity contribution in [3.63, 3.8) is 0 Å². The first-order chi connectivity index (χ1) is 8.42. The van der Waals surface area contributed by atoms with Gasteiger partial charge in [-0.15, -0.1) is 0 Å². The number of methoxy groups -OCH3 is 1. The van der Waals surface area contributed by atoms with Crippen molar-refractivity contribution in [1.29, 1.82) is 0 Å². The van der Waals surface area contributed by atoms with Gasteiger partial charge < -0.3 is 10.1 Å². The fraction of sp³-hybridized carbons (Fsp3) is 0.500. The predicted molar refractivity (Wildman–Crippen MR) is 74.5 cm³/mol. The second kappa shape index (κ2) is 6.61. The average molecular weight is 272 g/mol. The summed E-state index contributed by atoms with van der Waals surface area (Å²) in [6.07, 6.45) is 1.99. The van der Waals surface area contributed by atoms with Crippen molar-refractivity contribution >= 4 is 21.4 Å². The van der Waals surface area contributed by atoms with Crippen molar-refractivity contribution in [2.75, 3.05) is 30.0 Å². The SMILES string of the molecule is COCCC(C)Nc1ccccc1NS(C)(=O)=O. The third-order valence-corrected chi connectivity index (χ3v) is 2.97. The molecule has 0 spiro atoms. The monoisotopic (exact) mass is 272 g/mol. The third kappa shape index (κ3) is 5.37. The van der Waals surface area contributed by atoms with Gasteiger partial charge in [-0.2, -0.15) is 0 Å². The second-order valence-corrected chi connectivity index (χ2v) is 6.00. The van der Waals surface area contributed by atoms with Crippen molar-refractivity contribution in [2.45, 2.75) is 19.4 Å². The summed E-state index contributed by atoms with van der Waals surface area (Å²) in [5, 5.41) is 3.26. The van der Waals surface area contributed by atoms with Crippen LogP contribution >= 0.6 is 0 Å². The smallest absolute Gasteiger partial charge is 0.229 e. The Morgan fingerprint density at radius 1 is 1.28 bits per heavy atom. The largest absolute Gasteiger partial charge is 0.385 e. The van der Waals surface area contributed by atoms with Gasteiger partial charge in [0.2, 0.25) is 10.0 Å². The Balaban J connectivity index is 2.76. The molecule has 1 atom stereocenters. The van der Waals surface area contributed by atoms with Crippen molar-refractivity contribution in [2.24, 2.45) is 0 Å². The van der Waals surface area contributed by atoms with Crippen LogP contribution in [0.4, 0.5) is 11.4 Å². The Kier molecular flexibility index (Phi) is 5.43. The minimum atomic E-state index is -3.27. The molecule has 102 valence electrons. The molecule has 0 fully saturated rings. The van der Waals surface area contributed by atoms with Crippen molar-refractivity contribution in [3.8, 4) is 0 Å². The first kappa shape index (κ1) is 14.8. The predicted octanol–water partition coefficient (Wildman–Crippen LogP) is 1.89. The second-order valence-electron chi connectivity index (χ2n) is 4.25. The van der Waals surface area contributed by atoms with E-state index < -0.39 is 10.0 Å². The highest BCUT2D eigenvalue weighted by molar-refractivity contribution is 7.92. The summed E-state index contributed by atoms with van der Waals surface area (Å²) in [4.78, 5) is 0. The van der Waals surface area contributed by atoms with E-state index in [0.29, 0.717) is 12.3 Å². The molecule has 0 aliphatic rings. The number of ether oxygens (including phenoxy) is 1. The lowest BCUT2D eigenvalue weighted by Gasteiger charge is -2.18. The maximum Gasteiger partial charge on any atom is 0.229 e. The van der Waals surface area contributed by atoms with E-state index in [2.05, 4.69) is 10.0 Å². The molecule has 1 aromatic rings. The summed E-state index contributed by atoms with van der Waals surface area (Å²) in [7, 11) is -1.61. The molecular weight excluding hydrogens is 252 g/mol. The molecule has 0 aliphatic carbocycles. The molecule has 0 saturated heterocycles. The van der Waals surface area contributed by atoms with Crippen molar-refractivity contribution in [3.05, 3.63) is 24.3 Å². The highest BCUT2D eigenvalue weighted by Crippen LogP contribution is 2.23. The van der Waals surface area contributed by atoms with Crippen LogP contribution in [0.25, 0.3) is 0 Å². The van der Waals surface area contributed by atoms with Gasteiger partial charge in [-0.05, 0) is 25.5 Å². The van der Waals surface area contributed by atoms with Gasteiger partial charge >= 0.3 is 0 Å². The van der Waals surface area contributed by atoms with Crippen molar-refractivity contribution in [1.82, 2.24) is 0 Å². The third-order valence-electron chi connectivity index (χ3n) is 2.38. The minimum Gasteiger partial charge on any atom is -0.385 e. The van der Waals surface area contributed by atoms with E-state index in [4.69, 9.17) is 4.74 Å². The summed E-state index contributed by atoms with van der Waals surface area (Å²) in [5.41, 5.74) is 1.33. The first-order valence-electron chi connectivity index (χ1n) is 5.74. The number of hydrogen-bond acceptors (Lipinski definition) is 4. The van der Waals surface area contributed by atoms with E-state index in [1.165, 1.54) is 0 Å². The van der Waals surface area contributed by atoms with Crippen LogP contribution in [0.1, 0.15) is 13.3 Å². The number of nitrogens with one attached hydrogen (secondary N) is 2. The van der Waals surface area contributed by atoms with Gasteiger partial charge in [0.25, 0.3) is 0 Å². The number of benzene rings is 1. The molecule has 2 N–H and O–H groups in total. The fourth-order valence-corrected chi connectivity index (χ4v) is 2.11. The summed E-state index contributed by atoms with van der Waals surface area (Å²) in [6.45, 7) is 2.69. The lowest BCUT2D eigenvalue weighted by atomic mass is 10.2. The number of rotatable bonds is 7. The molecule has 0 aromatic heterocycles. The summed E-state index contributed by atoms with van der Waals surface area (Å²) < 4.78 is 30.0. The number of sulfonamides is 1. The highest BCUT2D eigenvalue weighted by Gasteiger charge is 2.09. The molecule has 1 aromatic carbocycles. The summed E-state index contributed by atoms with van der Waals surface area (Å²) in [6, 6.07) is 7.42. The zero-order valence-electron chi connectivity index (χ0n) is 10.9. The van der Waals surface area contributed by atoms with Gasteiger partial charge in [-0.25, -0.2) is 8.42 Å². The average Bonchev–Trinajstić information content (AvgIpc) is 2.27.